The fourth-order valence-electron chi connectivity index (χ4n) is 3.58. The van der Waals surface area contributed by atoms with E-state index in [2.05, 4.69) is 5.16 Å². The summed E-state index contributed by atoms with van der Waals surface area (Å²) in [5, 5.41) is 3.92. The van der Waals surface area contributed by atoms with Crippen LogP contribution >= 0.6 is 0 Å². The predicted octanol–water partition coefficient (Wildman–Crippen LogP) is 2.66. The Hall–Kier alpha value is -2.63. The Bertz CT molecular complexity index is 765. The van der Waals surface area contributed by atoms with Gasteiger partial charge in [-0.05, 0) is 39.3 Å². The maximum Gasteiger partial charge on any atom is 0.249 e. The van der Waals surface area contributed by atoms with Gasteiger partial charge in [0.15, 0.2) is 0 Å². The van der Waals surface area contributed by atoms with Gasteiger partial charge in [-0.25, -0.2) is 0 Å². The summed E-state index contributed by atoms with van der Waals surface area (Å²) in [6.45, 7) is 6.08. The number of rotatable bonds is 4. The molecule has 0 spiro atoms. The molecule has 1 fully saturated rings. The molecule has 0 unspecified atom stereocenters. The Kier molecular flexibility index (Phi) is 4.61. The van der Waals surface area contributed by atoms with Crippen LogP contribution in [-0.4, -0.2) is 41.5 Å². The SMILES string of the molecule is Cc1noc(C)c1[C@@H](C)C(=O)N(C)[C@@H]1CCN(c2ccccc2)C1=O. The molecule has 25 heavy (non-hydrogen) atoms. The van der Waals surface area contributed by atoms with Crippen LogP contribution in [0.25, 0.3) is 0 Å². The number of carbonyl (C=O) groups excluding carboxylic acids is 2. The number of nitrogens with zero attached hydrogens (tertiary/aromatic N) is 3. The lowest BCUT2D eigenvalue weighted by atomic mass is 9.97. The fraction of sp³-hybridized carbons (Fsp3) is 0.421. The molecule has 132 valence electrons. The molecule has 1 aliphatic heterocycles. The van der Waals surface area contributed by atoms with Crippen LogP contribution < -0.4 is 4.90 Å². The van der Waals surface area contributed by atoms with Crippen LogP contribution in [0.5, 0.6) is 0 Å². The maximum atomic E-state index is 12.9. The monoisotopic (exact) mass is 341 g/mol. The summed E-state index contributed by atoms with van der Waals surface area (Å²) < 4.78 is 5.17. The minimum atomic E-state index is -0.435. The lowest BCUT2D eigenvalue weighted by molar-refractivity contribution is -0.137. The molecule has 0 bridgehead atoms. The predicted molar refractivity (Wildman–Crippen MR) is 94.4 cm³/mol. The van der Waals surface area contributed by atoms with E-state index in [9.17, 15) is 9.59 Å². The van der Waals surface area contributed by atoms with Crippen molar-refractivity contribution in [2.75, 3.05) is 18.5 Å². The number of hydrogen-bond acceptors (Lipinski definition) is 4. The first-order valence-electron chi connectivity index (χ1n) is 8.47. The van der Waals surface area contributed by atoms with Crippen LogP contribution in [0.3, 0.4) is 0 Å². The molecule has 6 nitrogen and oxygen atoms in total. The first-order chi connectivity index (χ1) is 11.9. The highest BCUT2D eigenvalue weighted by Gasteiger charge is 2.39. The molecule has 1 aromatic carbocycles. The van der Waals surface area contributed by atoms with Crippen molar-refractivity contribution in [2.45, 2.75) is 39.2 Å². The molecule has 6 heteroatoms. The first kappa shape index (κ1) is 17.2. The number of carbonyl (C=O) groups is 2. The lowest BCUT2D eigenvalue weighted by Crippen LogP contribution is -2.44. The Morgan fingerprint density at radius 1 is 1.32 bits per heavy atom. The van der Waals surface area contributed by atoms with Crippen molar-refractivity contribution in [3.05, 3.63) is 47.3 Å². The minimum Gasteiger partial charge on any atom is -0.361 e. The highest BCUT2D eigenvalue weighted by Crippen LogP contribution is 2.28. The average Bonchev–Trinajstić information content (AvgIpc) is 3.16. The molecule has 2 atom stereocenters. The van der Waals surface area contributed by atoms with E-state index in [0.29, 0.717) is 18.7 Å². The Morgan fingerprint density at radius 2 is 2.00 bits per heavy atom. The Balaban J connectivity index is 1.76. The number of likely N-dealkylation sites (N-methyl/N-ethyl adjacent to an activating group) is 1. The lowest BCUT2D eigenvalue weighted by Gasteiger charge is -2.26. The zero-order valence-corrected chi connectivity index (χ0v) is 15.0. The summed E-state index contributed by atoms with van der Waals surface area (Å²) in [4.78, 5) is 29.0. The highest BCUT2D eigenvalue weighted by molar-refractivity contribution is 6.01. The molecule has 0 N–H and O–H groups in total. The summed E-state index contributed by atoms with van der Waals surface area (Å²) in [5.41, 5.74) is 2.40. The third kappa shape index (κ3) is 3.04. The van der Waals surface area contributed by atoms with Gasteiger partial charge in [0, 0.05) is 24.8 Å². The number of para-hydroxylation sites is 1. The van der Waals surface area contributed by atoms with Gasteiger partial charge in [0.2, 0.25) is 11.8 Å². The van der Waals surface area contributed by atoms with Crippen LogP contribution in [0.1, 0.15) is 36.3 Å². The van der Waals surface area contributed by atoms with E-state index in [4.69, 9.17) is 4.52 Å². The van der Waals surface area contributed by atoms with E-state index in [1.54, 1.807) is 23.8 Å². The largest absolute Gasteiger partial charge is 0.361 e. The van der Waals surface area contributed by atoms with Gasteiger partial charge in [0.25, 0.3) is 0 Å². The van der Waals surface area contributed by atoms with Crippen LogP contribution in [0.15, 0.2) is 34.9 Å². The molecule has 1 aliphatic rings. The molecule has 1 saturated heterocycles. The van der Waals surface area contributed by atoms with Crippen LogP contribution in [0, 0.1) is 13.8 Å². The van der Waals surface area contributed by atoms with E-state index in [-0.39, 0.29) is 11.8 Å². The van der Waals surface area contributed by atoms with Gasteiger partial charge in [-0.2, -0.15) is 0 Å². The minimum absolute atomic E-state index is 0.0342. The molecular formula is C19H23N3O3. The first-order valence-corrected chi connectivity index (χ1v) is 8.47. The van der Waals surface area contributed by atoms with Crippen molar-refractivity contribution in [3.63, 3.8) is 0 Å². The quantitative estimate of drug-likeness (QED) is 0.857. The highest BCUT2D eigenvalue weighted by atomic mass is 16.5. The molecule has 2 heterocycles. The summed E-state index contributed by atoms with van der Waals surface area (Å²) in [5.74, 6) is 0.126. The summed E-state index contributed by atoms with van der Waals surface area (Å²) in [6.07, 6.45) is 0.629. The molecular weight excluding hydrogens is 318 g/mol. The maximum absolute atomic E-state index is 12.9. The van der Waals surface area contributed by atoms with Crippen LogP contribution in [0.4, 0.5) is 5.69 Å². The van der Waals surface area contributed by atoms with Crippen LogP contribution in [-0.2, 0) is 9.59 Å². The topological polar surface area (TPSA) is 66.7 Å². The second-order valence-electron chi connectivity index (χ2n) is 6.54. The normalized spacial score (nSPS) is 18.5. The van der Waals surface area contributed by atoms with E-state index in [0.717, 1.165) is 16.9 Å². The van der Waals surface area contributed by atoms with Crippen molar-refractivity contribution < 1.29 is 14.1 Å². The second kappa shape index (κ2) is 6.70. The number of benzene rings is 1. The van der Waals surface area contributed by atoms with Crippen LogP contribution in [0.2, 0.25) is 0 Å². The fourth-order valence-corrected chi connectivity index (χ4v) is 3.58. The zero-order chi connectivity index (χ0) is 18.1. The summed E-state index contributed by atoms with van der Waals surface area (Å²) >= 11 is 0. The van der Waals surface area contributed by atoms with Gasteiger partial charge >= 0.3 is 0 Å². The summed E-state index contributed by atoms with van der Waals surface area (Å²) in [7, 11) is 1.70. The molecule has 0 radical (unpaired) electrons. The molecule has 1 aromatic heterocycles. The molecule has 0 aliphatic carbocycles. The molecule has 2 amide bonds. The smallest absolute Gasteiger partial charge is 0.249 e. The van der Waals surface area contributed by atoms with Gasteiger partial charge in [-0.1, -0.05) is 23.4 Å². The van der Waals surface area contributed by atoms with Gasteiger partial charge in [-0.3, -0.25) is 9.59 Å². The van der Waals surface area contributed by atoms with Gasteiger partial charge in [0.1, 0.15) is 11.8 Å². The van der Waals surface area contributed by atoms with Crippen molar-refractivity contribution in [1.82, 2.24) is 10.1 Å². The van der Waals surface area contributed by atoms with Crippen molar-refractivity contribution in [3.8, 4) is 0 Å². The standard InChI is InChI=1S/C19H23N3O3/c1-12(17-13(2)20-25-14(17)3)18(23)21(4)16-10-11-22(19(16)24)15-8-6-5-7-9-15/h5-9,12,16H,10-11H2,1-4H3/t12-,16-/m1/s1. The Labute approximate surface area is 147 Å². The number of aryl methyl sites for hydroxylation is 2. The number of amides is 2. The number of anilines is 1. The van der Waals surface area contributed by atoms with Gasteiger partial charge in [-0.15, -0.1) is 0 Å². The van der Waals surface area contributed by atoms with Gasteiger partial charge < -0.3 is 14.3 Å². The molecule has 2 aromatic rings. The van der Waals surface area contributed by atoms with Crippen molar-refractivity contribution in [1.29, 1.82) is 0 Å². The van der Waals surface area contributed by atoms with E-state index < -0.39 is 12.0 Å². The number of aromatic nitrogens is 1. The van der Waals surface area contributed by atoms with E-state index in [1.165, 1.54) is 0 Å². The van der Waals surface area contributed by atoms with Crippen molar-refractivity contribution in [2.24, 2.45) is 0 Å². The van der Waals surface area contributed by atoms with E-state index >= 15 is 0 Å². The van der Waals surface area contributed by atoms with E-state index in [1.807, 2.05) is 44.2 Å². The molecule has 3 rings (SSSR count). The zero-order valence-electron chi connectivity index (χ0n) is 15.0. The average molecular weight is 341 g/mol. The van der Waals surface area contributed by atoms with Gasteiger partial charge in [0.05, 0.1) is 11.6 Å². The third-order valence-electron chi connectivity index (χ3n) is 4.95. The third-order valence-corrected chi connectivity index (χ3v) is 4.95. The Morgan fingerprint density at radius 3 is 2.60 bits per heavy atom. The van der Waals surface area contributed by atoms with Crippen molar-refractivity contribution >= 4 is 17.5 Å². The number of hydrogen-bond donors (Lipinski definition) is 0. The molecule has 0 saturated carbocycles. The summed E-state index contributed by atoms with van der Waals surface area (Å²) in [6, 6.07) is 9.12. The second-order valence-corrected chi connectivity index (χ2v) is 6.54.